The Bertz CT molecular complexity index is 540. The largest absolute Gasteiger partial charge is 0.337 e. The third kappa shape index (κ3) is 4.61. The number of pyridine rings is 1. The summed E-state index contributed by atoms with van der Waals surface area (Å²) in [5.41, 5.74) is 6.77. The van der Waals surface area contributed by atoms with E-state index >= 15 is 0 Å². The minimum Gasteiger partial charge on any atom is -0.337 e. The average Bonchev–Trinajstić information content (AvgIpc) is 2.94. The lowest BCUT2D eigenvalue weighted by Gasteiger charge is -2.19. The van der Waals surface area contributed by atoms with E-state index in [9.17, 15) is 0 Å². The number of hydrogen-bond acceptors (Lipinski definition) is 6. The molecule has 2 heterocycles. The van der Waals surface area contributed by atoms with E-state index < -0.39 is 0 Å². The van der Waals surface area contributed by atoms with Gasteiger partial charge in [0.15, 0.2) is 0 Å². The van der Waals surface area contributed by atoms with Crippen LogP contribution in [0.5, 0.6) is 0 Å². The van der Waals surface area contributed by atoms with E-state index in [2.05, 4.69) is 33.9 Å². The molecule has 0 aromatic carbocycles. The molecule has 2 rings (SSSR count). The van der Waals surface area contributed by atoms with E-state index in [0.29, 0.717) is 24.2 Å². The minimum atomic E-state index is 0.221. The summed E-state index contributed by atoms with van der Waals surface area (Å²) in [7, 11) is 2.03. The maximum atomic E-state index is 6.05. The minimum absolute atomic E-state index is 0.221. The fourth-order valence-electron chi connectivity index (χ4n) is 1.93. The van der Waals surface area contributed by atoms with Gasteiger partial charge in [0, 0.05) is 12.2 Å². The molecule has 1 atom stereocenters. The van der Waals surface area contributed by atoms with Gasteiger partial charge in [0.1, 0.15) is 5.69 Å². The highest BCUT2D eigenvalue weighted by atomic mass is 16.5. The fourth-order valence-corrected chi connectivity index (χ4v) is 1.93. The molecule has 2 aromatic rings. The van der Waals surface area contributed by atoms with Crippen molar-refractivity contribution in [1.82, 2.24) is 20.0 Å². The molecule has 0 saturated carbocycles. The second kappa shape index (κ2) is 7.28. The van der Waals surface area contributed by atoms with Crippen LogP contribution in [-0.2, 0) is 6.54 Å². The molecule has 0 aliphatic carbocycles. The van der Waals surface area contributed by atoms with Crippen molar-refractivity contribution in [3.05, 3.63) is 30.3 Å². The number of nitrogens with zero attached hydrogens (tertiary/aromatic N) is 4. The third-order valence-electron chi connectivity index (χ3n) is 3.47. The topological polar surface area (TPSA) is 81.1 Å². The van der Waals surface area contributed by atoms with Crippen LogP contribution in [0.4, 0.5) is 0 Å². The zero-order valence-corrected chi connectivity index (χ0v) is 12.9. The van der Waals surface area contributed by atoms with Crippen LogP contribution in [0.1, 0.15) is 26.2 Å². The summed E-state index contributed by atoms with van der Waals surface area (Å²) in [6, 6.07) is 5.84. The first-order valence-electron chi connectivity index (χ1n) is 7.24. The van der Waals surface area contributed by atoms with Gasteiger partial charge in [-0.2, -0.15) is 4.98 Å². The molecule has 6 heteroatoms. The van der Waals surface area contributed by atoms with Gasteiger partial charge < -0.3 is 10.3 Å². The summed E-state index contributed by atoms with van der Waals surface area (Å²) in [5, 5.41) is 3.96. The van der Waals surface area contributed by atoms with Crippen LogP contribution in [-0.4, -0.2) is 39.7 Å². The second-order valence-corrected chi connectivity index (χ2v) is 5.66. The van der Waals surface area contributed by atoms with Gasteiger partial charge in [-0.25, -0.2) is 0 Å². The molecule has 0 saturated heterocycles. The molecule has 0 amide bonds. The smallest absolute Gasteiger partial charge is 0.241 e. The Labute approximate surface area is 125 Å². The highest BCUT2D eigenvalue weighted by Crippen LogP contribution is 2.13. The fraction of sp³-hybridized carbons (Fsp3) is 0.533. The summed E-state index contributed by atoms with van der Waals surface area (Å²) in [5.74, 6) is 1.62. The van der Waals surface area contributed by atoms with Crippen LogP contribution in [0.15, 0.2) is 28.9 Å². The van der Waals surface area contributed by atoms with Gasteiger partial charge in [-0.3, -0.25) is 9.88 Å². The van der Waals surface area contributed by atoms with E-state index in [1.165, 1.54) is 0 Å². The van der Waals surface area contributed by atoms with Crippen molar-refractivity contribution in [3.8, 4) is 11.5 Å². The molecule has 0 radical (unpaired) electrons. The van der Waals surface area contributed by atoms with Crippen LogP contribution in [0.25, 0.3) is 11.5 Å². The SMILES string of the molecule is CC(C)C(N)CCN(C)Cc1nc(-c2ccccn2)no1. The van der Waals surface area contributed by atoms with Gasteiger partial charge in [0.2, 0.25) is 11.7 Å². The van der Waals surface area contributed by atoms with Crippen LogP contribution >= 0.6 is 0 Å². The van der Waals surface area contributed by atoms with Gasteiger partial charge >= 0.3 is 0 Å². The van der Waals surface area contributed by atoms with Crippen LogP contribution in [0.3, 0.4) is 0 Å². The van der Waals surface area contributed by atoms with Crippen molar-refractivity contribution in [2.45, 2.75) is 32.9 Å². The highest BCUT2D eigenvalue weighted by Gasteiger charge is 2.13. The van der Waals surface area contributed by atoms with Gasteiger partial charge in [-0.15, -0.1) is 0 Å². The zero-order valence-electron chi connectivity index (χ0n) is 12.9. The monoisotopic (exact) mass is 289 g/mol. The molecule has 1 unspecified atom stereocenters. The second-order valence-electron chi connectivity index (χ2n) is 5.66. The van der Waals surface area contributed by atoms with Gasteiger partial charge in [-0.05, 0) is 38.1 Å². The molecule has 0 aliphatic rings. The van der Waals surface area contributed by atoms with Crippen molar-refractivity contribution in [1.29, 1.82) is 0 Å². The van der Waals surface area contributed by atoms with E-state index in [-0.39, 0.29) is 6.04 Å². The Morgan fingerprint density at radius 1 is 1.33 bits per heavy atom. The predicted octanol–water partition coefficient (Wildman–Crippen LogP) is 1.94. The van der Waals surface area contributed by atoms with E-state index in [0.717, 1.165) is 18.7 Å². The summed E-state index contributed by atoms with van der Waals surface area (Å²) < 4.78 is 5.27. The predicted molar refractivity (Wildman–Crippen MR) is 81.3 cm³/mol. The lowest BCUT2D eigenvalue weighted by molar-refractivity contribution is 0.252. The summed E-state index contributed by atoms with van der Waals surface area (Å²) in [6.45, 7) is 5.80. The van der Waals surface area contributed by atoms with Crippen molar-refractivity contribution in [2.75, 3.05) is 13.6 Å². The highest BCUT2D eigenvalue weighted by molar-refractivity contribution is 5.46. The van der Waals surface area contributed by atoms with Gasteiger partial charge in [-0.1, -0.05) is 25.1 Å². The first-order chi connectivity index (χ1) is 10.1. The molecule has 0 spiro atoms. The lowest BCUT2D eigenvalue weighted by Crippen LogP contribution is -2.31. The number of rotatable bonds is 7. The summed E-state index contributed by atoms with van der Waals surface area (Å²) in [4.78, 5) is 10.7. The molecular formula is C15H23N5O. The average molecular weight is 289 g/mol. The Morgan fingerprint density at radius 2 is 2.14 bits per heavy atom. The maximum absolute atomic E-state index is 6.05. The molecule has 21 heavy (non-hydrogen) atoms. The lowest BCUT2D eigenvalue weighted by atomic mass is 10.0. The van der Waals surface area contributed by atoms with E-state index in [4.69, 9.17) is 10.3 Å². The van der Waals surface area contributed by atoms with Crippen molar-refractivity contribution in [2.24, 2.45) is 11.7 Å². The molecule has 0 bridgehead atoms. The number of hydrogen-bond donors (Lipinski definition) is 1. The molecular weight excluding hydrogens is 266 g/mol. The first kappa shape index (κ1) is 15.6. The molecule has 2 N–H and O–H groups in total. The summed E-state index contributed by atoms with van der Waals surface area (Å²) >= 11 is 0. The Balaban J connectivity index is 1.88. The molecule has 114 valence electrons. The van der Waals surface area contributed by atoms with Crippen LogP contribution < -0.4 is 5.73 Å². The Morgan fingerprint density at radius 3 is 2.81 bits per heavy atom. The third-order valence-corrected chi connectivity index (χ3v) is 3.47. The van der Waals surface area contributed by atoms with Crippen LogP contribution in [0.2, 0.25) is 0 Å². The van der Waals surface area contributed by atoms with Crippen molar-refractivity contribution in [3.63, 3.8) is 0 Å². The zero-order chi connectivity index (χ0) is 15.2. The van der Waals surface area contributed by atoms with E-state index in [1.54, 1.807) is 6.20 Å². The molecule has 0 fully saturated rings. The normalized spacial score (nSPS) is 13.0. The molecule has 6 nitrogen and oxygen atoms in total. The Kier molecular flexibility index (Phi) is 5.41. The van der Waals surface area contributed by atoms with Crippen molar-refractivity contribution >= 4 is 0 Å². The molecule has 0 aliphatic heterocycles. The Hall–Kier alpha value is -1.79. The maximum Gasteiger partial charge on any atom is 0.241 e. The molecule has 2 aromatic heterocycles. The van der Waals surface area contributed by atoms with Crippen molar-refractivity contribution < 1.29 is 4.52 Å². The van der Waals surface area contributed by atoms with Gasteiger partial charge in [0.25, 0.3) is 0 Å². The quantitative estimate of drug-likeness (QED) is 0.839. The van der Waals surface area contributed by atoms with E-state index in [1.807, 2.05) is 25.2 Å². The van der Waals surface area contributed by atoms with Crippen LogP contribution in [0, 0.1) is 5.92 Å². The standard InChI is InChI=1S/C15H23N5O/c1-11(2)12(16)7-9-20(3)10-14-18-15(19-21-14)13-6-4-5-8-17-13/h4-6,8,11-12H,7,9-10,16H2,1-3H3. The summed E-state index contributed by atoms with van der Waals surface area (Å²) in [6.07, 6.45) is 2.67. The number of nitrogens with two attached hydrogens (primary N) is 1. The number of aromatic nitrogens is 3. The van der Waals surface area contributed by atoms with Gasteiger partial charge in [0.05, 0.1) is 6.54 Å². The first-order valence-corrected chi connectivity index (χ1v) is 7.24.